The van der Waals surface area contributed by atoms with Crippen LogP contribution < -0.4 is 5.73 Å². The minimum atomic E-state index is -1.26. The number of carboxylic acids is 1. The third-order valence-electron chi connectivity index (χ3n) is 5.96. The van der Waals surface area contributed by atoms with Gasteiger partial charge >= 0.3 is 5.97 Å². The van der Waals surface area contributed by atoms with E-state index in [2.05, 4.69) is 0 Å². The lowest BCUT2D eigenvalue weighted by atomic mass is 9.83. The molecular formula is C24H25FN2O4. The van der Waals surface area contributed by atoms with E-state index in [9.17, 15) is 14.7 Å². The summed E-state index contributed by atoms with van der Waals surface area (Å²) >= 11 is 0. The molecule has 0 aliphatic heterocycles. The summed E-state index contributed by atoms with van der Waals surface area (Å²) in [5.74, 6) is -2.71. The molecule has 3 aromatic rings. The number of carbonyl (C=O) groups excluding carboxylic acids is 1. The molecule has 3 N–H and O–H groups in total. The molecule has 1 heterocycles. The summed E-state index contributed by atoms with van der Waals surface area (Å²) in [7, 11) is 0. The first kappa shape index (κ1) is 21.1. The third kappa shape index (κ3) is 3.70. The summed E-state index contributed by atoms with van der Waals surface area (Å²) in [5, 5.41) is 10.2. The predicted molar refractivity (Wildman–Crippen MR) is 114 cm³/mol. The molecule has 1 aliphatic carbocycles. The average molecular weight is 424 g/mol. The second-order valence-corrected chi connectivity index (χ2v) is 7.81. The van der Waals surface area contributed by atoms with E-state index in [0.717, 1.165) is 17.7 Å². The van der Waals surface area contributed by atoms with Gasteiger partial charge in [0.25, 0.3) is 0 Å². The van der Waals surface area contributed by atoms with Crippen molar-refractivity contribution >= 4 is 22.8 Å². The number of carbonyl (C=O) groups is 2. The third-order valence-corrected chi connectivity index (χ3v) is 5.96. The fraction of sp³-hybridized carbons (Fsp3) is 0.333. The molecule has 1 aliphatic rings. The molecular weight excluding hydrogens is 399 g/mol. The van der Waals surface area contributed by atoms with Gasteiger partial charge in [-0.25, -0.2) is 9.18 Å². The normalized spacial score (nSPS) is 16.8. The molecule has 0 spiro atoms. The van der Waals surface area contributed by atoms with Crippen LogP contribution in [0, 0.1) is 5.82 Å². The Kier molecular flexibility index (Phi) is 5.78. The van der Waals surface area contributed by atoms with E-state index in [1.165, 1.54) is 12.1 Å². The Balaban J connectivity index is 2.06. The molecule has 2 unspecified atom stereocenters. The largest absolute Gasteiger partial charge is 0.479 e. The minimum absolute atomic E-state index is 0.183. The molecule has 162 valence electrons. The standard InChI is InChI=1S/C24H25FN2O4/c1-2-31-22(24(29)30)15-11-12-17(25)21-20(15)19-16(23(26)28)9-6-10-18(19)27(21)13-14-7-4-3-5-8-14/h3-5,7-8,11-12,16,22H,2,6,9-10,13H2,1H3,(H2,26,28)(H,29,30). The highest BCUT2D eigenvalue weighted by Crippen LogP contribution is 2.43. The highest BCUT2D eigenvalue weighted by Gasteiger charge is 2.35. The number of aliphatic carboxylic acids is 1. The number of fused-ring (bicyclic) bond motifs is 3. The molecule has 2 atom stereocenters. The van der Waals surface area contributed by atoms with Gasteiger partial charge in [-0.3, -0.25) is 4.79 Å². The maximum absolute atomic E-state index is 15.3. The van der Waals surface area contributed by atoms with Gasteiger partial charge in [0.15, 0.2) is 6.10 Å². The van der Waals surface area contributed by atoms with Crippen molar-refractivity contribution in [2.24, 2.45) is 5.73 Å². The summed E-state index contributed by atoms with van der Waals surface area (Å²) in [5.41, 5.74) is 8.83. The first-order valence-electron chi connectivity index (χ1n) is 10.4. The van der Waals surface area contributed by atoms with Crippen molar-refractivity contribution in [3.05, 3.63) is 70.7 Å². The van der Waals surface area contributed by atoms with Crippen molar-refractivity contribution in [2.45, 2.75) is 44.8 Å². The van der Waals surface area contributed by atoms with Gasteiger partial charge in [-0.05, 0) is 43.4 Å². The van der Waals surface area contributed by atoms with E-state index in [1.807, 2.05) is 34.9 Å². The van der Waals surface area contributed by atoms with E-state index in [-0.39, 0.29) is 6.61 Å². The van der Waals surface area contributed by atoms with E-state index >= 15 is 4.39 Å². The van der Waals surface area contributed by atoms with Crippen molar-refractivity contribution in [1.82, 2.24) is 4.57 Å². The molecule has 0 radical (unpaired) electrons. The number of ether oxygens (including phenoxy) is 1. The lowest BCUT2D eigenvalue weighted by Crippen LogP contribution is -2.26. The maximum Gasteiger partial charge on any atom is 0.337 e. The lowest BCUT2D eigenvalue weighted by molar-refractivity contribution is -0.150. The second kappa shape index (κ2) is 8.51. The van der Waals surface area contributed by atoms with Crippen LogP contribution in [0.25, 0.3) is 10.9 Å². The van der Waals surface area contributed by atoms with Gasteiger partial charge in [-0.1, -0.05) is 36.4 Å². The fourth-order valence-electron chi connectivity index (χ4n) is 4.72. The molecule has 2 aromatic carbocycles. The summed E-state index contributed by atoms with van der Waals surface area (Å²) in [4.78, 5) is 24.3. The SMILES string of the molecule is CCOC(C(=O)O)c1ccc(F)c2c1c1c(n2Cc2ccccc2)CCCC1C(N)=O. The number of primary amides is 1. The minimum Gasteiger partial charge on any atom is -0.479 e. The smallest absolute Gasteiger partial charge is 0.337 e. The molecule has 4 rings (SSSR count). The van der Waals surface area contributed by atoms with Crippen LogP contribution in [0.1, 0.15) is 54.2 Å². The van der Waals surface area contributed by atoms with Crippen LogP contribution in [0.15, 0.2) is 42.5 Å². The van der Waals surface area contributed by atoms with Gasteiger partial charge < -0.3 is 20.1 Å². The number of benzene rings is 2. The first-order valence-corrected chi connectivity index (χ1v) is 10.4. The van der Waals surface area contributed by atoms with E-state index in [1.54, 1.807) is 6.92 Å². The van der Waals surface area contributed by atoms with Crippen LogP contribution >= 0.6 is 0 Å². The van der Waals surface area contributed by atoms with Crippen molar-refractivity contribution in [1.29, 1.82) is 0 Å². The molecule has 7 heteroatoms. The number of carboxylic acid groups (broad SMARTS) is 1. The number of rotatable bonds is 7. The number of hydrogen-bond donors (Lipinski definition) is 2. The number of amides is 1. The molecule has 0 saturated carbocycles. The van der Waals surface area contributed by atoms with Crippen molar-refractivity contribution in [3.8, 4) is 0 Å². The molecule has 6 nitrogen and oxygen atoms in total. The molecule has 0 bridgehead atoms. The van der Waals surface area contributed by atoms with Crippen LogP contribution in [-0.4, -0.2) is 28.2 Å². The number of halogens is 1. The molecule has 0 saturated heterocycles. The van der Waals surface area contributed by atoms with Crippen LogP contribution in [0.4, 0.5) is 4.39 Å². The van der Waals surface area contributed by atoms with Gasteiger partial charge in [0.2, 0.25) is 5.91 Å². The Hall–Kier alpha value is -3.19. The number of nitrogens with zero attached hydrogens (tertiary/aromatic N) is 1. The van der Waals surface area contributed by atoms with Crippen molar-refractivity contribution in [3.63, 3.8) is 0 Å². The number of hydrogen-bond acceptors (Lipinski definition) is 3. The number of aromatic nitrogens is 1. The monoisotopic (exact) mass is 424 g/mol. The van der Waals surface area contributed by atoms with Crippen LogP contribution in [0.3, 0.4) is 0 Å². The van der Waals surface area contributed by atoms with E-state index in [4.69, 9.17) is 10.5 Å². The Bertz CT molecular complexity index is 1140. The summed E-state index contributed by atoms with van der Waals surface area (Å²) < 4.78 is 22.6. The van der Waals surface area contributed by atoms with E-state index in [0.29, 0.717) is 41.4 Å². The zero-order valence-corrected chi connectivity index (χ0v) is 17.3. The summed E-state index contributed by atoms with van der Waals surface area (Å²) in [6, 6.07) is 12.4. The Labute approximate surface area is 179 Å². The number of nitrogens with two attached hydrogens (primary N) is 1. The summed E-state index contributed by atoms with van der Waals surface area (Å²) in [6.07, 6.45) is 0.692. The van der Waals surface area contributed by atoms with Gasteiger partial charge in [-0.2, -0.15) is 0 Å². The molecule has 1 amide bonds. The lowest BCUT2D eigenvalue weighted by Gasteiger charge is -2.23. The van der Waals surface area contributed by atoms with Gasteiger partial charge in [0, 0.05) is 29.8 Å². The summed E-state index contributed by atoms with van der Waals surface area (Å²) in [6.45, 7) is 2.30. The molecule has 0 fully saturated rings. The second-order valence-electron chi connectivity index (χ2n) is 7.81. The van der Waals surface area contributed by atoms with Crippen LogP contribution in [0.2, 0.25) is 0 Å². The van der Waals surface area contributed by atoms with Gasteiger partial charge in [-0.15, -0.1) is 0 Å². The Morgan fingerprint density at radius 1 is 1.26 bits per heavy atom. The Morgan fingerprint density at radius 3 is 2.65 bits per heavy atom. The van der Waals surface area contributed by atoms with Crippen LogP contribution in [0.5, 0.6) is 0 Å². The molecule has 31 heavy (non-hydrogen) atoms. The van der Waals surface area contributed by atoms with Crippen LogP contribution in [-0.2, 0) is 27.3 Å². The topological polar surface area (TPSA) is 94.6 Å². The maximum atomic E-state index is 15.3. The zero-order chi connectivity index (χ0) is 22.1. The van der Waals surface area contributed by atoms with Crippen molar-refractivity contribution in [2.75, 3.05) is 6.61 Å². The highest BCUT2D eigenvalue weighted by atomic mass is 19.1. The molecule has 1 aromatic heterocycles. The van der Waals surface area contributed by atoms with Crippen molar-refractivity contribution < 1.29 is 23.8 Å². The average Bonchev–Trinajstić information content (AvgIpc) is 3.08. The van der Waals surface area contributed by atoms with Gasteiger partial charge in [0.05, 0.1) is 11.4 Å². The fourth-order valence-corrected chi connectivity index (χ4v) is 4.72. The Morgan fingerprint density at radius 2 is 2.00 bits per heavy atom. The zero-order valence-electron chi connectivity index (χ0n) is 17.3. The highest BCUT2D eigenvalue weighted by molar-refractivity contribution is 5.97. The predicted octanol–water partition coefficient (Wildman–Crippen LogP) is 3.90. The quantitative estimate of drug-likeness (QED) is 0.602. The van der Waals surface area contributed by atoms with Gasteiger partial charge in [0.1, 0.15) is 5.82 Å². The van der Waals surface area contributed by atoms with E-state index < -0.39 is 29.7 Å². The first-order chi connectivity index (χ1) is 14.9.